The van der Waals surface area contributed by atoms with Gasteiger partial charge in [-0.05, 0) is 30.7 Å². The Hall–Kier alpha value is -2.86. The number of aromatic nitrogens is 1. The van der Waals surface area contributed by atoms with Crippen LogP contribution in [0.5, 0.6) is 5.75 Å². The van der Waals surface area contributed by atoms with Crippen LogP contribution in [0.1, 0.15) is 16.9 Å². The number of amides is 1. The molecule has 1 aliphatic rings. The molecule has 1 amide bonds. The number of carbonyl (C=O) groups is 1. The molecule has 0 radical (unpaired) electrons. The maximum atomic E-state index is 13.8. The van der Waals surface area contributed by atoms with Gasteiger partial charge in [0.1, 0.15) is 29.5 Å². The number of hydrogen-bond acceptors (Lipinski definition) is 3. The van der Waals surface area contributed by atoms with Gasteiger partial charge in [-0.3, -0.25) is 4.79 Å². The number of β-amino-alcohol motifs (C(OH)–C–C–N with tert-alkyl or cyclic N) is 1. The second kappa shape index (κ2) is 6.46. The van der Waals surface area contributed by atoms with Gasteiger partial charge in [-0.2, -0.15) is 0 Å². The van der Waals surface area contributed by atoms with E-state index in [4.69, 9.17) is 4.74 Å². The number of likely N-dealkylation sites (tertiary alicyclic amines) is 1. The molecule has 0 spiro atoms. The van der Waals surface area contributed by atoms with Crippen molar-refractivity contribution in [3.05, 3.63) is 66.1 Å². The van der Waals surface area contributed by atoms with E-state index in [1.165, 1.54) is 6.07 Å². The molecule has 1 atom stereocenters. The Labute approximate surface area is 150 Å². The summed E-state index contributed by atoms with van der Waals surface area (Å²) in [5.74, 6) is 0.0313. The molecule has 0 bridgehead atoms. The smallest absolute Gasteiger partial charge is 0.270 e. The van der Waals surface area contributed by atoms with Gasteiger partial charge in [0.15, 0.2) is 0 Å². The number of aromatic amines is 1. The third-order valence-corrected chi connectivity index (χ3v) is 4.71. The normalized spacial score (nSPS) is 19.8. The lowest BCUT2D eigenvalue weighted by molar-refractivity contribution is 0.00426. The predicted molar refractivity (Wildman–Crippen MR) is 95.7 cm³/mol. The fourth-order valence-electron chi connectivity index (χ4n) is 3.29. The molecule has 2 aromatic carbocycles. The summed E-state index contributed by atoms with van der Waals surface area (Å²) >= 11 is 0. The summed E-state index contributed by atoms with van der Waals surface area (Å²) < 4.78 is 19.5. The van der Waals surface area contributed by atoms with Gasteiger partial charge in [-0.1, -0.05) is 30.3 Å². The topological polar surface area (TPSA) is 65.6 Å². The molecule has 1 fully saturated rings. The maximum Gasteiger partial charge on any atom is 0.270 e. The highest BCUT2D eigenvalue weighted by molar-refractivity contribution is 5.98. The molecule has 0 saturated carbocycles. The lowest BCUT2D eigenvalue weighted by Crippen LogP contribution is -2.40. The van der Waals surface area contributed by atoms with Crippen LogP contribution in [0.4, 0.5) is 4.39 Å². The SMILES string of the molecule is O=C(c1cc2cccc(F)c2[nH]1)N1CC[C@](O)(COc2ccccc2)C1. The number of benzene rings is 2. The second-order valence-corrected chi connectivity index (χ2v) is 6.69. The van der Waals surface area contributed by atoms with E-state index in [0.29, 0.717) is 35.3 Å². The molecule has 134 valence electrons. The van der Waals surface area contributed by atoms with E-state index >= 15 is 0 Å². The summed E-state index contributed by atoms with van der Waals surface area (Å²) in [6.07, 6.45) is 0.431. The fraction of sp³-hybridized carbons (Fsp3) is 0.250. The van der Waals surface area contributed by atoms with E-state index in [1.807, 2.05) is 30.3 Å². The molecule has 0 unspecified atom stereocenters. The molecule has 0 aliphatic carbocycles. The summed E-state index contributed by atoms with van der Waals surface area (Å²) in [4.78, 5) is 17.1. The first-order chi connectivity index (χ1) is 12.5. The van der Waals surface area contributed by atoms with Crippen molar-refractivity contribution < 1.29 is 19.0 Å². The Morgan fingerprint density at radius 3 is 2.81 bits per heavy atom. The number of aliphatic hydroxyl groups is 1. The summed E-state index contributed by atoms with van der Waals surface area (Å²) in [5.41, 5.74) is -0.459. The number of nitrogens with one attached hydrogen (secondary N) is 1. The van der Waals surface area contributed by atoms with Crippen LogP contribution in [0.25, 0.3) is 10.9 Å². The Morgan fingerprint density at radius 2 is 2.04 bits per heavy atom. The van der Waals surface area contributed by atoms with Crippen LogP contribution in [0, 0.1) is 5.82 Å². The molecule has 6 heteroatoms. The van der Waals surface area contributed by atoms with Gasteiger partial charge in [0.2, 0.25) is 0 Å². The minimum atomic E-state index is -1.09. The summed E-state index contributed by atoms with van der Waals surface area (Å²) in [7, 11) is 0. The van der Waals surface area contributed by atoms with Crippen LogP contribution in [0.15, 0.2) is 54.6 Å². The number of H-pyrrole nitrogens is 1. The molecule has 1 aromatic heterocycles. The molecule has 5 nitrogen and oxygen atoms in total. The van der Waals surface area contributed by atoms with E-state index in [-0.39, 0.29) is 19.1 Å². The maximum absolute atomic E-state index is 13.8. The van der Waals surface area contributed by atoms with Crippen molar-refractivity contribution in [2.24, 2.45) is 0 Å². The van der Waals surface area contributed by atoms with Crippen LogP contribution >= 0.6 is 0 Å². The molecule has 3 aromatic rings. The van der Waals surface area contributed by atoms with Crippen molar-refractivity contribution in [2.45, 2.75) is 12.0 Å². The summed E-state index contributed by atoms with van der Waals surface area (Å²) in [5, 5.41) is 11.4. The van der Waals surface area contributed by atoms with E-state index in [0.717, 1.165) is 0 Å². The van der Waals surface area contributed by atoms with Crippen LogP contribution in [0.3, 0.4) is 0 Å². The number of rotatable bonds is 4. The molecule has 4 rings (SSSR count). The number of halogens is 1. The number of ether oxygens (including phenoxy) is 1. The van der Waals surface area contributed by atoms with Crippen LogP contribution in [-0.2, 0) is 0 Å². The minimum Gasteiger partial charge on any atom is -0.491 e. The Balaban J connectivity index is 1.45. The first-order valence-corrected chi connectivity index (χ1v) is 8.51. The van der Waals surface area contributed by atoms with Crippen molar-refractivity contribution in [2.75, 3.05) is 19.7 Å². The monoisotopic (exact) mass is 354 g/mol. The minimum absolute atomic E-state index is 0.113. The summed E-state index contributed by atoms with van der Waals surface area (Å²) in [6, 6.07) is 15.6. The second-order valence-electron chi connectivity index (χ2n) is 6.69. The Kier molecular flexibility index (Phi) is 4.12. The van der Waals surface area contributed by atoms with Crippen molar-refractivity contribution in [3.8, 4) is 5.75 Å². The van der Waals surface area contributed by atoms with Gasteiger partial charge in [-0.15, -0.1) is 0 Å². The van der Waals surface area contributed by atoms with Crippen molar-refractivity contribution in [3.63, 3.8) is 0 Å². The molecule has 2 heterocycles. The van der Waals surface area contributed by atoms with Crippen molar-refractivity contribution >= 4 is 16.8 Å². The molecular weight excluding hydrogens is 335 g/mol. The number of hydrogen-bond donors (Lipinski definition) is 2. The summed E-state index contributed by atoms with van der Waals surface area (Å²) in [6.45, 7) is 0.712. The first kappa shape index (κ1) is 16.6. The number of fused-ring (bicyclic) bond motifs is 1. The number of para-hydroxylation sites is 2. The lowest BCUT2D eigenvalue weighted by Gasteiger charge is -2.23. The zero-order valence-corrected chi connectivity index (χ0v) is 14.1. The third-order valence-electron chi connectivity index (χ3n) is 4.71. The van der Waals surface area contributed by atoms with Crippen LogP contribution in [0.2, 0.25) is 0 Å². The van der Waals surface area contributed by atoms with E-state index in [1.54, 1.807) is 23.1 Å². The average Bonchev–Trinajstić information content (AvgIpc) is 3.26. The highest BCUT2D eigenvalue weighted by Gasteiger charge is 2.39. The highest BCUT2D eigenvalue weighted by atomic mass is 19.1. The van der Waals surface area contributed by atoms with Gasteiger partial charge in [0, 0.05) is 11.9 Å². The molecule has 2 N–H and O–H groups in total. The zero-order chi connectivity index (χ0) is 18.1. The van der Waals surface area contributed by atoms with E-state index in [2.05, 4.69) is 4.98 Å². The average molecular weight is 354 g/mol. The van der Waals surface area contributed by atoms with E-state index < -0.39 is 11.4 Å². The lowest BCUT2D eigenvalue weighted by atomic mass is 10.1. The van der Waals surface area contributed by atoms with E-state index in [9.17, 15) is 14.3 Å². The fourth-order valence-corrected chi connectivity index (χ4v) is 3.29. The standard InChI is InChI=1S/C20H19FN2O3/c21-16-8-4-5-14-11-17(22-18(14)16)19(24)23-10-9-20(25,12-23)13-26-15-6-2-1-3-7-15/h1-8,11,22,25H,9-10,12-13H2/t20-/m1/s1. The quantitative estimate of drug-likeness (QED) is 0.757. The highest BCUT2D eigenvalue weighted by Crippen LogP contribution is 2.26. The van der Waals surface area contributed by atoms with Crippen molar-refractivity contribution in [1.82, 2.24) is 9.88 Å². The van der Waals surface area contributed by atoms with Crippen LogP contribution < -0.4 is 4.74 Å². The number of carbonyl (C=O) groups excluding carboxylic acids is 1. The molecule has 1 saturated heterocycles. The third kappa shape index (κ3) is 3.15. The van der Waals surface area contributed by atoms with Gasteiger partial charge >= 0.3 is 0 Å². The largest absolute Gasteiger partial charge is 0.491 e. The van der Waals surface area contributed by atoms with Gasteiger partial charge in [0.25, 0.3) is 5.91 Å². The Bertz CT molecular complexity index is 941. The predicted octanol–water partition coefficient (Wildman–Crippen LogP) is 2.96. The Morgan fingerprint density at radius 1 is 1.23 bits per heavy atom. The zero-order valence-electron chi connectivity index (χ0n) is 14.1. The first-order valence-electron chi connectivity index (χ1n) is 8.51. The van der Waals surface area contributed by atoms with Crippen LogP contribution in [-0.4, -0.2) is 46.2 Å². The molecular formula is C20H19FN2O3. The van der Waals surface area contributed by atoms with Gasteiger partial charge in [0.05, 0.1) is 12.1 Å². The number of nitrogens with zero attached hydrogens (tertiary/aromatic N) is 1. The van der Waals surface area contributed by atoms with Gasteiger partial charge < -0.3 is 19.7 Å². The molecule has 26 heavy (non-hydrogen) atoms. The van der Waals surface area contributed by atoms with Crippen molar-refractivity contribution in [1.29, 1.82) is 0 Å². The molecule has 1 aliphatic heterocycles. The van der Waals surface area contributed by atoms with Gasteiger partial charge in [-0.25, -0.2) is 4.39 Å².